The SMILES string of the molecule is CC(Cn1cccn1)n1cncc1C1CCNCC1. The lowest BCUT2D eigenvalue weighted by Crippen LogP contribution is -2.28. The molecule has 0 amide bonds. The standard InChI is InChI=1S/C14H21N5/c1-12(10-18-8-2-5-17-18)19-11-16-9-14(19)13-3-6-15-7-4-13/h2,5,8-9,11-13,15H,3-4,6-7,10H2,1H3. The molecule has 3 heterocycles. The Labute approximate surface area is 113 Å². The van der Waals surface area contributed by atoms with E-state index < -0.39 is 0 Å². The Morgan fingerprint density at radius 3 is 3.00 bits per heavy atom. The van der Waals surface area contributed by atoms with E-state index in [2.05, 4.69) is 26.9 Å². The van der Waals surface area contributed by atoms with Gasteiger partial charge in [0.25, 0.3) is 0 Å². The van der Waals surface area contributed by atoms with Crippen molar-refractivity contribution in [3.63, 3.8) is 0 Å². The zero-order chi connectivity index (χ0) is 13.1. The predicted molar refractivity (Wildman–Crippen MR) is 74.0 cm³/mol. The van der Waals surface area contributed by atoms with E-state index >= 15 is 0 Å². The zero-order valence-electron chi connectivity index (χ0n) is 11.4. The molecule has 1 fully saturated rings. The summed E-state index contributed by atoms with van der Waals surface area (Å²) in [5.74, 6) is 0.642. The van der Waals surface area contributed by atoms with Gasteiger partial charge in [0.1, 0.15) is 0 Å². The Kier molecular flexibility index (Phi) is 3.64. The summed E-state index contributed by atoms with van der Waals surface area (Å²) < 4.78 is 4.30. The molecule has 0 aromatic carbocycles. The largest absolute Gasteiger partial charge is 0.330 e. The van der Waals surface area contributed by atoms with E-state index in [-0.39, 0.29) is 0 Å². The van der Waals surface area contributed by atoms with Gasteiger partial charge in [0.05, 0.1) is 18.9 Å². The second-order valence-corrected chi connectivity index (χ2v) is 5.33. The van der Waals surface area contributed by atoms with Crippen LogP contribution in [0.4, 0.5) is 0 Å². The average molecular weight is 259 g/mol. The van der Waals surface area contributed by atoms with Crippen molar-refractivity contribution in [2.75, 3.05) is 13.1 Å². The van der Waals surface area contributed by atoms with Gasteiger partial charge in [-0.15, -0.1) is 0 Å². The third-order valence-corrected chi connectivity index (χ3v) is 3.94. The van der Waals surface area contributed by atoms with Gasteiger partial charge in [0.15, 0.2) is 0 Å². The molecule has 0 bridgehead atoms. The zero-order valence-corrected chi connectivity index (χ0v) is 11.4. The molecule has 19 heavy (non-hydrogen) atoms. The summed E-state index contributed by atoms with van der Waals surface area (Å²) in [6, 6.07) is 2.35. The number of hydrogen-bond acceptors (Lipinski definition) is 3. The highest BCUT2D eigenvalue weighted by atomic mass is 15.3. The molecule has 0 radical (unpaired) electrons. The molecule has 0 spiro atoms. The van der Waals surface area contributed by atoms with Crippen LogP contribution < -0.4 is 5.32 Å². The second-order valence-electron chi connectivity index (χ2n) is 5.33. The summed E-state index contributed by atoms with van der Waals surface area (Å²) >= 11 is 0. The van der Waals surface area contributed by atoms with Gasteiger partial charge in [-0.3, -0.25) is 4.68 Å². The van der Waals surface area contributed by atoms with Crippen LogP contribution in [0, 0.1) is 0 Å². The molecule has 1 atom stereocenters. The Balaban J connectivity index is 1.75. The molecular weight excluding hydrogens is 238 g/mol. The first-order valence-electron chi connectivity index (χ1n) is 7.04. The lowest BCUT2D eigenvalue weighted by atomic mass is 9.94. The highest BCUT2D eigenvalue weighted by Crippen LogP contribution is 2.27. The van der Waals surface area contributed by atoms with Crippen LogP contribution in [0.25, 0.3) is 0 Å². The van der Waals surface area contributed by atoms with Gasteiger partial charge in [0.2, 0.25) is 0 Å². The maximum atomic E-state index is 4.36. The van der Waals surface area contributed by atoms with Crippen LogP contribution in [-0.4, -0.2) is 32.4 Å². The molecular formula is C14H21N5. The van der Waals surface area contributed by atoms with E-state index in [0.29, 0.717) is 12.0 Å². The molecule has 5 nitrogen and oxygen atoms in total. The van der Waals surface area contributed by atoms with E-state index in [9.17, 15) is 0 Å². The molecule has 5 heteroatoms. The third-order valence-electron chi connectivity index (χ3n) is 3.94. The number of imidazole rings is 1. The Bertz CT molecular complexity index is 496. The third kappa shape index (κ3) is 2.71. The van der Waals surface area contributed by atoms with Gasteiger partial charge >= 0.3 is 0 Å². The lowest BCUT2D eigenvalue weighted by molar-refractivity contribution is 0.391. The highest BCUT2D eigenvalue weighted by molar-refractivity contribution is 5.09. The van der Waals surface area contributed by atoms with Crippen molar-refractivity contribution >= 4 is 0 Å². The number of rotatable bonds is 4. The summed E-state index contributed by atoms with van der Waals surface area (Å²) in [4.78, 5) is 4.36. The fraction of sp³-hybridized carbons (Fsp3) is 0.571. The number of nitrogens with zero attached hydrogens (tertiary/aromatic N) is 4. The second kappa shape index (κ2) is 5.57. The normalized spacial score (nSPS) is 18.6. The minimum atomic E-state index is 0.382. The number of hydrogen-bond donors (Lipinski definition) is 1. The topological polar surface area (TPSA) is 47.7 Å². The van der Waals surface area contributed by atoms with E-state index in [0.717, 1.165) is 19.6 Å². The average Bonchev–Trinajstić information content (AvgIpc) is 3.10. The number of aromatic nitrogens is 4. The Morgan fingerprint density at radius 1 is 1.42 bits per heavy atom. The molecule has 2 aromatic heterocycles. The van der Waals surface area contributed by atoms with Crippen LogP contribution in [0.5, 0.6) is 0 Å². The minimum Gasteiger partial charge on any atom is -0.330 e. The van der Waals surface area contributed by atoms with Crippen LogP contribution in [0.15, 0.2) is 31.0 Å². The van der Waals surface area contributed by atoms with Crippen LogP contribution in [0.1, 0.15) is 37.4 Å². The molecule has 1 aliphatic heterocycles. The number of piperidine rings is 1. The van der Waals surface area contributed by atoms with Gasteiger partial charge in [-0.25, -0.2) is 4.98 Å². The molecule has 1 aliphatic rings. The summed E-state index contributed by atoms with van der Waals surface area (Å²) in [5, 5.41) is 7.70. The van der Waals surface area contributed by atoms with Gasteiger partial charge in [-0.05, 0) is 38.9 Å². The summed E-state index contributed by atoms with van der Waals surface area (Å²) in [6.07, 6.45) is 10.3. The van der Waals surface area contributed by atoms with Gasteiger partial charge in [-0.2, -0.15) is 5.10 Å². The Morgan fingerprint density at radius 2 is 2.26 bits per heavy atom. The fourth-order valence-electron chi connectivity index (χ4n) is 2.88. The molecule has 3 rings (SSSR count). The van der Waals surface area contributed by atoms with Crippen molar-refractivity contribution in [1.29, 1.82) is 0 Å². The molecule has 1 unspecified atom stereocenters. The van der Waals surface area contributed by atoms with E-state index in [1.807, 2.05) is 35.7 Å². The van der Waals surface area contributed by atoms with Crippen LogP contribution in [0.3, 0.4) is 0 Å². The monoisotopic (exact) mass is 259 g/mol. The maximum absolute atomic E-state index is 4.36. The maximum Gasteiger partial charge on any atom is 0.0951 e. The first-order valence-corrected chi connectivity index (χ1v) is 7.04. The highest BCUT2D eigenvalue weighted by Gasteiger charge is 2.20. The minimum absolute atomic E-state index is 0.382. The first-order chi connectivity index (χ1) is 9.34. The van der Waals surface area contributed by atoms with Crippen molar-refractivity contribution in [1.82, 2.24) is 24.6 Å². The van der Waals surface area contributed by atoms with Crippen molar-refractivity contribution in [2.24, 2.45) is 0 Å². The summed E-state index contributed by atoms with van der Waals surface area (Å²) in [7, 11) is 0. The molecule has 2 aromatic rings. The van der Waals surface area contributed by atoms with Crippen LogP contribution >= 0.6 is 0 Å². The predicted octanol–water partition coefficient (Wildman–Crippen LogP) is 1.81. The van der Waals surface area contributed by atoms with Crippen molar-refractivity contribution in [3.8, 4) is 0 Å². The molecule has 1 saturated heterocycles. The van der Waals surface area contributed by atoms with Crippen molar-refractivity contribution < 1.29 is 0 Å². The van der Waals surface area contributed by atoms with E-state index in [1.165, 1.54) is 18.5 Å². The van der Waals surface area contributed by atoms with Gasteiger partial charge < -0.3 is 9.88 Å². The fourth-order valence-corrected chi connectivity index (χ4v) is 2.88. The van der Waals surface area contributed by atoms with Crippen LogP contribution in [0.2, 0.25) is 0 Å². The Hall–Kier alpha value is -1.62. The quantitative estimate of drug-likeness (QED) is 0.911. The van der Waals surface area contributed by atoms with Crippen molar-refractivity contribution in [3.05, 3.63) is 36.7 Å². The smallest absolute Gasteiger partial charge is 0.0951 e. The molecule has 0 aliphatic carbocycles. The van der Waals surface area contributed by atoms with Gasteiger partial charge in [-0.1, -0.05) is 0 Å². The summed E-state index contributed by atoms with van der Waals surface area (Å²) in [5.41, 5.74) is 1.38. The lowest BCUT2D eigenvalue weighted by Gasteiger charge is -2.26. The first kappa shape index (κ1) is 12.4. The van der Waals surface area contributed by atoms with Crippen LogP contribution in [-0.2, 0) is 6.54 Å². The van der Waals surface area contributed by atoms with E-state index in [1.54, 1.807) is 0 Å². The van der Waals surface area contributed by atoms with Crippen molar-refractivity contribution in [2.45, 2.75) is 38.3 Å². The van der Waals surface area contributed by atoms with Gasteiger partial charge in [0, 0.05) is 30.2 Å². The summed E-state index contributed by atoms with van der Waals surface area (Å²) in [6.45, 7) is 5.35. The van der Waals surface area contributed by atoms with E-state index in [4.69, 9.17) is 0 Å². The number of nitrogens with one attached hydrogen (secondary N) is 1. The molecule has 0 saturated carbocycles. The molecule has 102 valence electrons. The molecule has 1 N–H and O–H groups in total.